The largest absolute Gasteiger partial charge is 0.497 e. The summed E-state index contributed by atoms with van der Waals surface area (Å²) in [5, 5.41) is 3.58. The molecule has 21 heavy (non-hydrogen) atoms. The summed E-state index contributed by atoms with van der Waals surface area (Å²) in [6.07, 6.45) is 5.19. The number of likely N-dealkylation sites (tertiary alicyclic amines) is 1. The average Bonchev–Trinajstić information content (AvgIpc) is 3.01. The van der Waals surface area contributed by atoms with Gasteiger partial charge in [-0.3, -0.25) is 4.90 Å². The van der Waals surface area contributed by atoms with E-state index >= 15 is 0 Å². The van der Waals surface area contributed by atoms with E-state index in [1.165, 1.54) is 44.5 Å². The van der Waals surface area contributed by atoms with Gasteiger partial charge in [0.2, 0.25) is 0 Å². The first-order chi connectivity index (χ1) is 10.3. The summed E-state index contributed by atoms with van der Waals surface area (Å²) in [5.41, 5.74) is 1.42. The summed E-state index contributed by atoms with van der Waals surface area (Å²) < 4.78 is 5.22. The molecule has 1 aromatic rings. The van der Waals surface area contributed by atoms with Gasteiger partial charge in [-0.1, -0.05) is 12.1 Å². The molecule has 3 nitrogen and oxygen atoms in total. The molecule has 2 heterocycles. The molecule has 0 saturated carbocycles. The lowest BCUT2D eigenvalue weighted by Gasteiger charge is -2.41. The van der Waals surface area contributed by atoms with Crippen molar-refractivity contribution in [2.24, 2.45) is 5.92 Å². The highest BCUT2D eigenvalue weighted by atomic mass is 16.5. The van der Waals surface area contributed by atoms with Crippen LogP contribution in [0.15, 0.2) is 24.3 Å². The number of aryl methyl sites for hydroxylation is 1. The summed E-state index contributed by atoms with van der Waals surface area (Å²) in [4.78, 5) is 2.76. The lowest BCUT2D eigenvalue weighted by molar-refractivity contribution is 0.0810. The van der Waals surface area contributed by atoms with Crippen LogP contribution in [0.4, 0.5) is 0 Å². The lowest BCUT2D eigenvalue weighted by atomic mass is 9.90. The number of methoxy groups -OCH3 is 1. The molecule has 0 bridgehead atoms. The van der Waals surface area contributed by atoms with Crippen molar-refractivity contribution in [1.82, 2.24) is 10.2 Å². The van der Waals surface area contributed by atoms with Gasteiger partial charge in [0.1, 0.15) is 5.75 Å². The third kappa shape index (κ3) is 3.41. The SMILES string of the molecule is COc1ccc(CCC(C)N2CCCC3CNCC32)cc1. The van der Waals surface area contributed by atoms with Crippen LogP contribution in [0, 0.1) is 5.92 Å². The molecule has 1 aromatic carbocycles. The summed E-state index contributed by atoms with van der Waals surface area (Å²) in [7, 11) is 1.72. The van der Waals surface area contributed by atoms with Gasteiger partial charge in [-0.2, -0.15) is 0 Å². The molecule has 0 aromatic heterocycles. The molecule has 3 atom stereocenters. The van der Waals surface area contributed by atoms with E-state index in [-0.39, 0.29) is 0 Å². The minimum atomic E-state index is 0.680. The first-order valence-electron chi connectivity index (χ1n) is 8.37. The Balaban J connectivity index is 1.54. The quantitative estimate of drug-likeness (QED) is 0.901. The Bertz CT molecular complexity index is 445. The van der Waals surface area contributed by atoms with Crippen LogP contribution in [0.1, 0.15) is 31.7 Å². The van der Waals surface area contributed by atoms with E-state index in [9.17, 15) is 0 Å². The number of piperidine rings is 1. The van der Waals surface area contributed by atoms with Crippen molar-refractivity contribution in [3.8, 4) is 5.75 Å². The standard InChI is InChI=1S/C18H28N2O/c1-14(5-6-15-7-9-17(21-2)10-8-15)20-11-3-4-16-12-19-13-18(16)20/h7-10,14,16,18-19H,3-6,11-13H2,1-2H3. The smallest absolute Gasteiger partial charge is 0.118 e. The van der Waals surface area contributed by atoms with Gasteiger partial charge in [0, 0.05) is 18.6 Å². The Hall–Kier alpha value is -1.06. The van der Waals surface area contributed by atoms with E-state index in [4.69, 9.17) is 4.74 Å². The van der Waals surface area contributed by atoms with E-state index in [1.807, 2.05) is 0 Å². The zero-order chi connectivity index (χ0) is 14.7. The molecule has 116 valence electrons. The Morgan fingerprint density at radius 3 is 2.86 bits per heavy atom. The number of hydrogen-bond acceptors (Lipinski definition) is 3. The molecule has 3 unspecified atom stereocenters. The van der Waals surface area contributed by atoms with Crippen LogP contribution in [0.5, 0.6) is 5.75 Å². The van der Waals surface area contributed by atoms with Crippen LogP contribution < -0.4 is 10.1 Å². The predicted molar refractivity (Wildman–Crippen MR) is 86.9 cm³/mol. The maximum absolute atomic E-state index is 5.22. The number of nitrogens with zero attached hydrogens (tertiary/aromatic N) is 1. The highest BCUT2D eigenvalue weighted by Crippen LogP contribution is 2.29. The molecule has 0 spiro atoms. The zero-order valence-corrected chi connectivity index (χ0v) is 13.3. The van der Waals surface area contributed by atoms with Gasteiger partial charge < -0.3 is 10.1 Å². The monoisotopic (exact) mass is 288 g/mol. The number of rotatable bonds is 5. The topological polar surface area (TPSA) is 24.5 Å². The van der Waals surface area contributed by atoms with Crippen molar-refractivity contribution in [3.63, 3.8) is 0 Å². The molecule has 3 rings (SSSR count). The van der Waals surface area contributed by atoms with Crippen molar-refractivity contribution >= 4 is 0 Å². The molecule has 2 aliphatic heterocycles. The van der Waals surface area contributed by atoms with E-state index in [2.05, 4.69) is 41.4 Å². The molecule has 3 heteroatoms. The van der Waals surface area contributed by atoms with Gasteiger partial charge in [0.15, 0.2) is 0 Å². The highest BCUT2D eigenvalue weighted by molar-refractivity contribution is 5.27. The molecule has 0 radical (unpaired) electrons. The van der Waals surface area contributed by atoms with E-state index in [0.717, 1.165) is 24.1 Å². The molecule has 0 amide bonds. The van der Waals surface area contributed by atoms with Crippen LogP contribution in [0.3, 0.4) is 0 Å². The third-order valence-electron chi connectivity index (χ3n) is 5.30. The molecule has 0 aliphatic carbocycles. The number of nitrogens with one attached hydrogen (secondary N) is 1. The normalized spacial score (nSPS) is 27.3. The minimum Gasteiger partial charge on any atom is -0.497 e. The molecular weight excluding hydrogens is 260 g/mol. The van der Waals surface area contributed by atoms with Crippen molar-refractivity contribution in [1.29, 1.82) is 0 Å². The Morgan fingerprint density at radius 1 is 1.29 bits per heavy atom. The summed E-state index contributed by atoms with van der Waals surface area (Å²) in [6, 6.07) is 9.99. The number of benzene rings is 1. The van der Waals surface area contributed by atoms with Gasteiger partial charge in [0.05, 0.1) is 7.11 Å². The fourth-order valence-corrected chi connectivity index (χ4v) is 3.98. The molecule has 2 fully saturated rings. The van der Waals surface area contributed by atoms with Crippen LogP contribution >= 0.6 is 0 Å². The first kappa shape index (κ1) is 14.9. The summed E-state index contributed by atoms with van der Waals surface area (Å²) >= 11 is 0. The van der Waals surface area contributed by atoms with Gasteiger partial charge >= 0.3 is 0 Å². The number of hydrogen-bond donors (Lipinski definition) is 1. The van der Waals surface area contributed by atoms with Gasteiger partial charge in [-0.25, -0.2) is 0 Å². The Labute approximate surface area is 128 Å². The fraction of sp³-hybridized carbons (Fsp3) is 0.667. The highest BCUT2D eigenvalue weighted by Gasteiger charge is 2.36. The van der Waals surface area contributed by atoms with Crippen molar-refractivity contribution < 1.29 is 4.74 Å². The minimum absolute atomic E-state index is 0.680. The molecule has 2 saturated heterocycles. The van der Waals surface area contributed by atoms with E-state index in [1.54, 1.807) is 7.11 Å². The second-order valence-electron chi connectivity index (χ2n) is 6.60. The maximum atomic E-state index is 5.22. The van der Waals surface area contributed by atoms with Crippen molar-refractivity contribution in [3.05, 3.63) is 29.8 Å². The second kappa shape index (κ2) is 6.80. The average molecular weight is 288 g/mol. The third-order valence-corrected chi connectivity index (χ3v) is 5.30. The lowest BCUT2D eigenvalue weighted by Crippen LogP contribution is -2.49. The Morgan fingerprint density at radius 2 is 2.10 bits per heavy atom. The summed E-state index contributed by atoms with van der Waals surface area (Å²) in [6.45, 7) is 6.11. The number of ether oxygens (including phenoxy) is 1. The van der Waals surface area contributed by atoms with E-state index in [0.29, 0.717) is 6.04 Å². The number of fused-ring (bicyclic) bond motifs is 1. The van der Waals surface area contributed by atoms with Crippen LogP contribution in [0.2, 0.25) is 0 Å². The van der Waals surface area contributed by atoms with Crippen molar-refractivity contribution in [2.75, 3.05) is 26.7 Å². The van der Waals surface area contributed by atoms with Crippen LogP contribution in [-0.2, 0) is 6.42 Å². The maximum Gasteiger partial charge on any atom is 0.118 e. The fourth-order valence-electron chi connectivity index (χ4n) is 3.98. The van der Waals surface area contributed by atoms with Gasteiger partial charge in [-0.05, 0) is 69.3 Å². The first-order valence-corrected chi connectivity index (χ1v) is 8.37. The summed E-state index contributed by atoms with van der Waals surface area (Å²) in [5.74, 6) is 1.84. The van der Waals surface area contributed by atoms with Gasteiger partial charge in [0.25, 0.3) is 0 Å². The van der Waals surface area contributed by atoms with Gasteiger partial charge in [-0.15, -0.1) is 0 Å². The molecule has 2 aliphatic rings. The van der Waals surface area contributed by atoms with Crippen LogP contribution in [-0.4, -0.2) is 43.7 Å². The van der Waals surface area contributed by atoms with E-state index < -0.39 is 0 Å². The molecule has 1 N–H and O–H groups in total. The Kier molecular flexibility index (Phi) is 4.81. The zero-order valence-electron chi connectivity index (χ0n) is 13.3. The van der Waals surface area contributed by atoms with Crippen LogP contribution in [0.25, 0.3) is 0 Å². The predicted octanol–water partition coefficient (Wildman–Crippen LogP) is 2.70. The molecular formula is C18H28N2O. The van der Waals surface area contributed by atoms with Crippen molar-refractivity contribution in [2.45, 2.75) is 44.7 Å². The second-order valence-corrected chi connectivity index (χ2v) is 6.60.